The fourth-order valence-corrected chi connectivity index (χ4v) is 2.65. The molecule has 0 spiro atoms. The number of carbonyl (C=O) groups excluding carboxylic acids is 2. The predicted molar refractivity (Wildman–Crippen MR) is 112 cm³/mol. The molecule has 1 rings (SSSR count). The van der Waals surface area contributed by atoms with Gasteiger partial charge in [-0.15, -0.1) is 0 Å². The average molecular weight is 418 g/mol. The standard InChI is InChI=1S/C20H26N4O6/c1-3-13(19(27)28)17(21)15(25)9-23-11-5-7-12(8-6-11)24-10-16(26)18(22)14(4-2)20(29)30/h5-8,13-14,21-24H,3-4,9-10H2,1-2H3,(H,27,28)(H,29,30)/t13-,14-/m1/s1. The molecule has 0 unspecified atom stereocenters. The molecule has 0 aliphatic rings. The van der Waals surface area contributed by atoms with Crippen molar-refractivity contribution in [3.8, 4) is 0 Å². The molecule has 1 aromatic carbocycles. The van der Waals surface area contributed by atoms with Crippen molar-refractivity contribution in [3.05, 3.63) is 24.3 Å². The molecule has 0 fully saturated rings. The number of ketones is 2. The van der Waals surface area contributed by atoms with Gasteiger partial charge in [-0.3, -0.25) is 19.2 Å². The fraction of sp³-hybridized carbons (Fsp3) is 0.400. The Bertz CT molecular complexity index is 765. The van der Waals surface area contributed by atoms with Crippen molar-refractivity contribution in [1.29, 1.82) is 10.8 Å². The van der Waals surface area contributed by atoms with Crippen LogP contribution in [0.2, 0.25) is 0 Å². The van der Waals surface area contributed by atoms with Crippen LogP contribution in [-0.4, -0.2) is 58.2 Å². The van der Waals surface area contributed by atoms with E-state index in [-0.39, 0.29) is 25.9 Å². The lowest BCUT2D eigenvalue weighted by molar-refractivity contribution is -0.140. The molecule has 0 radical (unpaired) electrons. The summed E-state index contributed by atoms with van der Waals surface area (Å²) >= 11 is 0. The van der Waals surface area contributed by atoms with Crippen molar-refractivity contribution < 1.29 is 29.4 Å². The summed E-state index contributed by atoms with van der Waals surface area (Å²) in [7, 11) is 0. The molecule has 10 nitrogen and oxygen atoms in total. The van der Waals surface area contributed by atoms with Gasteiger partial charge in [-0.05, 0) is 37.1 Å². The third-order valence-corrected chi connectivity index (χ3v) is 4.50. The van der Waals surface area contributed by atoms with E-state index in [0.717, 1.165) is 0 Å². The second-order valence-electron chi connectivity index (χ2n) is 6.56. The Kier molecular flexibility index (Phi) is 9.34. The molecule has 0 aliphatic heterocycles. The molecule has 162 valence electrons. The summed E-state index contributed by atoms with van der Waals surface area (Å²) in [5.74, 6) is -5.89. The number of carboxylic acid groups (broad SMARTS) is 2. The first-order chi connectivity index (χ1) is 14.1. The molecule has 0 amide bonds. The van der Waals surface area contributed by atoms with E-state index in [2.05, 4.69) is 10.6 Å². The Balaban J connectivity index is 2.58. The lowest BCUT2D eigenvalue weighted by Gasteiger charge is -2.13. The summed E-state index contributed by atoms with van der Waals surface area (Å²) < 4.78 is 0. The third kappa shape index (κ3) is 6.80. The molecule has 0 aliphatic carbocycles. The van der Waals surface area contributed by atoms with Crippen LogP contribution in [0.25, 0.3) is 0 Å². The highest BCUT2D eigenvalue weighted by molar-refractivity contribution is 6.43. The minimum atomic E-state index is -1.21. The Morgan fingerprint density at radius 3 is 1.30 bits per heavy atom. The minimum absolute atomic E-state index is 0.155. The Morgan fingerprint density at radius 1 is 0.767 bits per heavy atom. The first-order valence-electron chi connectivity index (χ1n) is 9.38. The zero-order valence-electron chi connectivity index (χ0n) is 16.8. The van der Waals surface area contributed by atoms with E-state index < -0.39 is 46.8 Å². The van der Waals surface area contributed by atoms with Crippen LogP contribution in [0.5, 0.6) is 0 Å². The molecule has 30 heavy (non-hydrogen) atoms. The molecular weight excluding hydrogens is 392 g/mol. The van der Waals surface area contributed by atoms with Crippen molar-refractivity contribution in [3.63, 3.8) is 0 Å². The molecule has 0 bridgehead atoms. The van der Waals surface area contributed by atoms with Gasteiger partial charge in [0.1, 0.15) is 11.8 Å². The van der Waals surface area contributed by atoms with Crippen LogP contribution in [-0.2, 0) is 19.2 Å². The topological polar surface area (TPSA) is 180 Å². The van der Waals surface area contributed by atoms with Crippen molar-refractivity contribution in [2.24, 2.45) is 11.8 Å². The summed E-state index contributed by atoms with van der Waals surface area (Å²) in [5.41, 5.74) is 0.203. The van der Waals surface area contributed by atoms with Crippen molar-refractivity contribution in [2.75, 3.05) is 23.7 Å². The summed E-state index contributed by atoms with van der Waals surface area (Å²) in [5, 5.41) is 39.1. The third-order valence-electron chi connectivity index (χ3n) is 4.50. The summed E-state index contributed by atoms with van der Waals surface area (Å²) in [6.45, 7) is 2.74. The Hall–Kier alpha value is -3.56. The maximum atomic E-state index is 12.0. The highest BCUT2D eigenvalue weighted by atomic mass is 16.4. The number of nitrogens with one attached hydrogen (secondary N) is 4. The fourth-order valence-electron chi connectivity index (χ4n) is 2.65. The summed E-state index contributed by atoms with van der Waals surface area (Å²) in [6.07, 6.45) is 0.309. The molecular formula is C20H26N4O6. The number of benzene rings is 1. The van der Waals surface area contributed by atoms with Crippen molar-refractivity contribution >= 4 is 46.3 Å². The van der Waals surface area contributed by atoms with Crippen molar-refractivity contribution in [1.82, 2.24) is 0 Å². The molecule has 0 saturated carbocycles. The molecule has 10 heteroatoms. The van der Waals surface area contributed by atoms with E-state index in [1.807, 2.05) is 0 Å². The van der Waals surface area contributed by atoms with Gasteiger partial charge in [-0.1, -0.05) is 13.8 Å². The SMILES string of the molecule is CC[C@H](C(=N)C(=O)CNc1ccc(NCC(=O)C(=N)[C@@H](CC)C(=O)O)cc1)C(=O)O. The quantitative estimate of drug-likeness (QED) is 0.248. The number of hydrogen-bond donors (Lipinski definition) is 6. The molecule has 0 saturated heterocycles. The first-order valence-corrected chi connectivity index (χ1v) is 9.38. The summed E-state index contributed by atoms with van der Waals surface area (Å²) in [6, 6.07) is 6.48. The molecule has 1 aromatic rings. The van der Waals surface area contributed by atoms with E-state index in [1.165, 1.54) is 0 Å². The zero-order chi connectivity index (χ0) is 22.8. The Morgan fingerprint density at radius 2 is 1.07 bits per heavy atom. The van der Waals surface area contributed by atoms with Crippen LogP contribution < -0.4 is 10.6 Å². The lowest BCUT2D eigenvalue weighted by Crippen LogP contribution is -2.33. The van der Waals surface area contributed by atoms with Crippen LogP contribution in [0.15, 0.2) is 24.3 Å². The van der Waals surface area contributed by atoms with Crippen LogP contribution in [0, 0.1) is 22.7 Å². The number of rotatable bonds is 14. The van der Waals surface area contributed by atoms with Gasteiger partial charge in [0.25, 0.3) is 0 Å². The smallest absolute Gasteiger partial charge is 0.312 e. The largest absolute Gasteiger partial charge is 0.481 e. The summed E-state index contributed by atoms with van der Waals surface area (Å²) in [4.78, 5) is 46.1. The molecule has 6 N–H and O–H groups in total. The van der Waals surface area contributed by atoms with Gasteiger partial charge in [0.05, 0.1) is 24.5 Å². The van der Waals surface area contributed by atoms with E-state index in [9.17, 15) is 19.2 Å². The second-order valence-corrected chi connectivity index (χ2v) is 6.56. The van der Waals surface area contributed by atoms with Crippen molar-refractivity contribution in [2.45, 2.75) is 26.7 Å². The van der Waals surface area contributed by atoms with E-state index >= 15 is 0 Å². The minimum Gasteiger partial charge on any atom is -0.481 e. The van der Waals surface area contributed by atoms with Gasteiger partial charge in [-0.25, -0.2) is 0 Å². The zero-order valence-corrected chi connectivity index (χ0v) is 16.8. The second kappa shape index (κ2) is 11.4. The van der Waals surface area contributed by atoms with Gasteiger partial charge >= 0.3 is 11.9 Å². The van der Waals surface area contributed by atoms with Crippen LogP contribution in [0.3, 0.4) is 0 Å². The maximum Gasteiger partial charge on any atom is 0.312 e. The van der Waals surface area contributed by atoms with E-state index in [4.69, 9.17) is 21.0 Å². The first kappa shape index (κ1) is 24.5. The molecule has 2 atom stereocenters. The Labute approximate surface area is 173 Å². The average Bonchev–Trinajstić information content (AvgIpc) is 2.71. The number of carbonyl (C=O) groups is 4. The molecule has 0 heterocycles. The monoisotopic (exact) mass is 418 g/mol. The lowest BCUT2D eigenvalue weighted by atomic mass is 9.97. The van der Waals surface area contributed by atoms with E-state index in [0.29, 0.717) is 11.4 Å². The highest BCUT2D eigenvalue weighted by Crippen LogP contribution is 2.14. The van der Waals surface area contributed by atoms with E-state index in [1.54, 1.807) is 38.1 Å². The van der Waals surface area contributed by atoms with Crippen LogP contribution in [0.4, 0.5) is 11.4 Å². The number of anilines is 2. The van der Waals surface area contributed by atoms with Gasteiger partial charge in [0, 0.05) is 11.4 Å². The predicted octanol–water partition coefficient (Wildman–Crippen LogP) is 1.91. The van der Waals surface area contributed by atoms with Gasteiger partial charge in [0.15, 0.2) is 11.6 Å². The molecule has 0 aromatic heterocycles. The van der Waals surface area contributed by atoms with Gasteiger partial charge in [0.2, 0.25) is 0 Å². The number of aliphatic carboxylic acids is 2. The van der Waals surface area contributed by atoms with Gasteiger partial charge in [-0.2, -0.15) is 0 Å². The van der Waals surface area contributed by atoms with Gasteiger partial charge < -0.3 is 31.7 Å². The number of Topliss-reactive ketones (excluding diaryl/α,β-unsaturated/α-hetero) is 2. The maximum absolute atomic E-state index is 12.0. The highest BCUT2D eigenvalue weighted by Gasteiger charge is 2.26. The number of hydrogen-bond acceptors (Lipinski definition) is 8. The van der Waals surface area contributed by atoms with Crippen LogP contribution in [0.1, 0.15) is 26.7 Å². The van der Waals surface area contributed by atoms with Crippen LogP contribution >= 0.6 is 0 Å². The number of carboxylic acids is 2. The normalized spacial score (nSPS) is 12.3.